The summed E-state index contributed by atoms with van der Waals surface area (Å²) >= 11 is 0. The van der Waals surface area contributed by atoms with Crippen LogP contribution >= 0.6 is 0 Å². The van der Waals surface area contributed by atoms with Crippen molar-refractivity contribution in [3.8, 4) is 68.2 Å². The van der Waals surface area contributed by atoms with E-state index in [9.17, 15) is 40.9 Å². The van der Waals surface area contributed by atoms with Gasteiger partial charge in [-0.25, -0.2) is 0 Å². The maximum Gasteiger partial charge on any atom is 0.204 e. The number of phenols is 8. The van der Waals surface area contributed by atoms with Crippen LogP contribution in [0.2, 0.25) is 0 Å². The van der Waals surface area contributed by atoms with Gasteiger partial charge >= 0.3 is 0 Å². The highest BCUT2D eigenvalue weighted by Crippen LogP contribution is 2.62. The van der Waals surface area contributed by atoms with Crippen molar-refractivity contribution in [1.29, 1.82) is 0 Å². The van der Waals surface area contributed by atoms with Gasteiger partial charge in [-0.3, -0.25) is 0 Å². The smallest absolute Gasteiger partial charge is 0.204 e. The van der Waals surface area contributed by atoms with Gasteiger partial charge in [0.05, 0.1) is 0 Å². The molecule has 8 heteroatoms. The molecule has 0 amide bonds. The van der Waals surface area contributed by atoms with Crippen LogP contribution in [0.25, 0.3) is 65.3 Å². The normalized spacial score (nSPS) is 11.6. The van der Waals surface area contributed by atoms with Gasteiger partial charge < -0.3 is 40.9 Å². The Morgan fingerprint density at radius 2 is 0.738 bits per heavy atom. The van der Waals surface area contributed by atoms with Gasteiger partial charge in [-0.15, -0.1) is 0 Å². The highest BCUT2D eigenvalue weighted by Gasteiger charge is 2.32. The molecule has 0 aromatic heterocycles. The van der Waals surface area contributed by atoms with E-state index in [2.05, 4.69) is 0 Å². The summed E-state index contributed by atoms with van der Waals surface area (Å²) in [6, 6.07) is 25.0. The van der Waals surface area contributed by atoms with Crippen LogP contribution in [-0.4, -0.2) is 40.9 Å². The van der Waals surface area contributed by atoms with Gasteiger partial charge in [0.25, 0.3) is 0 Å². The summed E-state index contributed by atoms with van der Waals surface area (Å²) in [5.41, 5.74) is 0.800. The molecular formula is C34H22O8. The Morgan fingerprint density at radius 3 is 1.26 bits per heavy atom. The number of aromatic hydroxyl groups is 8. The van der Waals surface area contributed by atoms with E-state index in [1.54, 1.807) is 42.5 Å². The fourth-order valence-corrected chi connectivity index (χ4v) is 6.04. The third kappa shape index (κ3) is 3.17. The first-order chi connectivity index (χ1) is 20.2. The van der Waals surface area contributed by atoms with Crippen LogP contribution in [-0.2, 0) is 0 Å². The number of phenolic OH excluding ortho intramolecular Hbond substituents is 8. The van der Waals surface area contributed by atoms with Gasteiger partial charge in [-0.05, 0) is 38.7 Å². The second-order valence-corrected chi connectivity index (χ2v) is 10.1. The molecule has 0 atom stereocenters. The fourth-order valence-electron chi connectivity index (χ4n) is 6.04. The predicted octanol–water partition coefficient (Wildman–Crippen LogP) is 7.28. The van der Waals surface area contributed by atoms with Gasteiger partial charge in [0, 0.05) is 32.7 Å². The Kier molecular flexibility index (Phi) is 5.20. The average Bonchev–Trinajstić information content (AvgIpc) is 3.03. The molecule has 7 rings (SSSR count). The van der Waals surface area contributed by atoms with Crippen LogP contribution in [0.5, 0.6) is 46.0 Å². The van der Waals surface area contributed by atoms with E-state index in [4.69, 9.17) is 0 Å². The van der Waals surface area contributed by atoms with Crippen molar-refractivity contribution in [2.24, 2.45) is 0 Å². The maximum atomic E-state index is 11.4. The van der Waals surface area contributed by atoms with Crippen LogP contribution in [0.3, 0.4) is 0 Å². The largest absolute Gasteiger partial charge is 0.504 e. The zero-order valence-corrected chi connectivity index (χ0v) is 21.7. The summed E-state index contributed by atoms with van der Waals surface area (Å²) in [7, 11) is 0. The van der Waals surface area contributed by atoms with Crippen LogP contribution in [0.4, 0.5) is 0 Å². The number of hydrogen-bond donors (Lipinski definition) is 8. The van der Waals surface area contributed by atoms with Crippen molar-refractivity contribution in [3.63, 3.8) is 0 Å². The first-order valence-corrected chi connectivity index (χ1v) is 12.9. The second kappa shape index (κ2) is 8.74. The zero-order chi connectivity index (χ0) is 29.4. The molecule has 0 radical (unpaired) electrons. The van der Waals surface area contributed by atoms with E-state index >= 15 is 0 Å². The Balaban J connectivity index is 1.89. The lowest BCUT2D eigenvalue weighted by Gasteiger charge is -2.23. The van der Waals surface area contributed by atoms with Crippen molar-refractivity contribution < 1.29 is 40.9 Å². The van der Waals surface area contributed by atoms with Gasteiger partial charge in [0.1, 0.15) is 0 Å². The zero-order valence-electron chi connectivity index (χ0n) is 21.7. The lowest BCUT2D eigenvalue weighted by atomic mass is 9.82. The number of fused-ring (bicyclic) bond motifs is 5. The Hall–Kier alpha value is -6.02. The molecule has 0 aliphatic carbocycles. The van der Waals surface area contributed by atoms with Crippen LogP contribution in [0.15, 0.2) is 84.9 Å². The van der Waals surface area contributed by atoms with Crippen LogP contribution in [0.1, 0.15) is 0 Å². The summed E-state index contributed by atoms with van der Waals surface area (Å²) < 4.78 is 0. The molecule has 42 heavy (non-hydrogen) atoms. The quantitative estimate of drug-likeness (QED) is 0.0475. The van der Waals surface area contributed by atoms with Gasteiger partial charge in [0.2, 0.25) is 23.0 Å². The lowest BCUT2D eigenvalue weighted by molar-refractivity contribution is 0.350. The molecule has 7 aromatic carbocycles. The van der Waals surface area contributed by atoms with Gasteiger partial charge in [-0.1, -0.05) is 78.9 Å². The van der Waals surface area contributed by atoms with Crippen LogP contribution in [0, 0.1) is 0 Å². The molecule has 0 unspecified atom stereocenters. The third-order valence-electron chi connectivity index (χ3n) is 7.89. The fraction of sp³-hybridized carbons (Fsp3) is 0. The molecule has 7 aromatic rings. The summed E-state index contributed by atoms with van der Waals surface area (Å²) in [5.74, 6) is -7.24. The van der Waals surface area contributed by atoms with Crippen molar-refractivity contribution in [3.05, 3.63) is 84.9 Å². The molecule has 0 aliphatic heterocycles. The van der Waals surface area contributed by atoms with Crippen LogP contribution < -0.4 is 0 Å². The summed E-state index contributed by atoms with van der Waals surface area (Å²) in [5, 5.41) is 90.8. The van der Waals surface area contributed by atoms with E-state index in [-0.39, 0.29) is 32.7 Å². The minimum Gasteiger partial charge on any atom is -0.504 e. The number of rotatable bonds is 2. The summed E-state index contributed by atoms with van der Waals surface area (Å²) in [6.07, 6.45) is 0. The Morgan fingerprint density at radius 1 is 0.333 bits per heavy atom. The van der Waals surface area contributed by atoms with Crippen molar-refractivity contribution in [1.82, 2.24) is 0 Å². The maximum absolute atomic E-state index is 11.4. The number of hydrogen-bond acceptors (Lipinski definition) is 8. The highest BCUT2D eigenvalue weighted by molar-refractivity contribution is 6.31. The van der Waals surface area contributed by atoms with Crippen molar-refractivity contribution in [2.75, 3.05) is 0 Å². The van der Waals surface area contributed by atoms with Crippen molar-refractivity contribution in [2.45, 2.75) is 0 Å². The molecule has 0 saturated heterocycles. The van der Waals surface area contributed by atoms with E-state index in [0.717, 1.165) is 16.2 Å². The predicted molar refractivity (Wildman–Crippen MR) is 161 cm³/mol. The molecule has 0 saturated carbocycles. The molecule has 8 nitrogen and oxygen atoms in total. The first kappa shape index (κ1) is 25.0. The highest BCUT2D eigenvalue weighted by atomic mass is 16.4. The molecule has 0 spiro atoms. The van der Waals surface area contributed by atoms with E-state index < -0.39 is 46.0 Å². The molecule has 0 heterocycles. The average molecular weight is 559 g/mol. The first-order valence-electron chi connectivity index (χ1n) is 12.9. The second-order valence-electron chi connectivity index (χ2n) is 10.1. The SMILES string of the molecule is Oc1c(O)c(O)c2c(-c3cc4ccccc4c4ccccc34)c3c(O)c(O)c(O)c(O)c3c(-c3ccccc3)c2c1O. The Labute approximate surface area is 237 Å². The minimum atomic E-state index is -1.00. The summed E-state index contributed by atoms with van der Waals surface area (Å²) in [4.78, 5) is 0. The van der Waals surface area contributed by atoms with E-state index in [1.807, 2.05) is 42.5 Å². The summed E-state index contributed by atoms with van der Waals surface area (Å²) in [6.45, 7) is 0. The molecule has 0 fully saturated rings. The molecular weight excluding hydrogens is 536 g/mol. The number of benzene rings is 7. The minimum absolute atomic E-state index is 0.0145. The molecule has 206 valence electrons. The lowest BCUT2D eigenvalue weighted by Crippen LogP contribution is -1.95. The van der Waals surface area contributed by atoms with Crippen molar-refractivity contribution >= 4 is 43.1 Å². The van der Waals surface area contributed by atoms with Gasteiger partial charge in [0.15, 0.2) is 23.0 Å². The standard InChI is InChI=1S/C34H22O8/c35-27-23-21(15-8-2-1-3-9-15)24-26(30(38)34(42)32(40)28(24)36)22(25(23)29(37)33(41)31(27)39)20-14-16-10-4-5-11-17(16)18-12-6-7-13-19(18)20/h1-14,35-42H. The van der Waals surface area contributed by atoms with Gasteiger partial charge in [-0.2, -0.15) is 0 Å². The van der Waals surface area contributed by atoms with E-state index in [0.29, 0.717) is 16.5 Å². The molecule has 0 aliphatic rings. The topological polar surface area (TPSA) is 162 Å². The molecule has 8 N–H and O–H groups in total. The molecule has 0 bridgehead atoms. The monoisotopic (exact) mass is 558 g/mol. The third-order valence-corrected chi connectivity index (χ3v) is 7.89. The Bertz CT molecular complexity index is 2190. The van der Waals surface area contributed by atoms with E-state index in [1.165, 1.54) is 0 Å².